The number of hydrogen-bond donors (Lipinski definition) is 1. The van der Waals surface area contributed by atoms with Gasteiger partial charge in [-0.2, -0.15) is 0 Å². The number of hydrogen-bond acceptors (Lipinski definition) is 4. The second-order valence-electron chi connectivity index (χ2n) is 9.65. The number of carbonyl (C=O) groups is 2. The quantitative estimate of drug-likeness (QED) is 0.779. The number of likely N-dealkylation sites (tertiary alicyclic amines) is 1. The first-order valence-corrected chi connectivity index (χ1v) is 12.2. The van der Waals surface area contributed by atoms with Gasteiger partial charge in [0.2, 0.25) is 11.8 Å². The van der Waals surface area contributed by atoms with Gasteiger partial charge in [-0.05, 0) is 38.0 Å². The predicted molar refractivity (Wildman–Crippen MR) is 118 cm³/mol. The van der Waals surface area contributed by atoms with E-state index < -0.39 is 0 Å². The highest BCUT2D eigenvalue weighted by Crippen LogP contribution is 2.32. The fraction of sp³-hybridized carbons (Fsp3) is 0.750. The van der Waals surface area contributed by atoms with E-state index in [-0.39, 0.29) is 29.3 Å². The molecule has 1 aliphatic carbocycles. The third-order valence-electron chi connectivity index (χ3n) is 7.51. The Morgan fingerprint density at radius 1 is 1.13 bits per heavy atom. The fourth-order valence-electron chi connectivity index (χ4n) is 5.35. The molecule has 1 N–H and O–H groups in total. The van der Waals surface area contributed by atoms with Crippen LogP contribution in [0.15, 0.2) is 4.79 Å². The fourth-order valence-corrected chi connectivity index (χ4v) is 5.35. The van der Waals surface area contributed by atoms with Crippen LogP contribution in [0.3, 0.4) is 0 Å². The topological polar surface area (TPSA) is 86.4 Å². The van der Waals surface area contributed by atoms with Gasteiger partial charge < -0.3 is 14.8 Å². The number of H-pyrrole nitrogens is 1. The van der Waals surface area contributed by atoms with Crippen molar-refractivity contribution in [3.05, 3.63) is 27.4 Å². The monoisotopic (exact) mass is 428 g/mol. The van der Waals surface area contributed by atoms with Crippen molar-refractivity contribution in [3.8, 4) is 0 Å². The molecule has 7 nitrogen and oxygen atoms in total. The minimum absolute atomic E-state index is 0.0197. The number of nitrogens with zero attached hydrogens (tertiary/aromatic N) is 3. The number of aromatic amines is 1. The molecule has 2 amide bonds. The Kier molecular flexibility index (Phi) is 6.77. The molecule has 170 valence electrons. The van der Waals surface area contributed by atoms with Crippen molar-refractivity contribution in [2.24, 2.45) is 11.8 Å². The number of aromatic nitrogens is 2. The summed E-state index contributed by atoms with van der Waals surface area (Å²) in [4.78, 5) is 50.0. The SMILES string of the molecule is CC[C@@H](C)C(=O)N1CCC[C@H]1c1nc2c(c(=O)[nH]1)CN(C(=O)CC1CCCCC1)CC2. The third kappa shape index (κ3) is 4.70. The lowest BCUT2D eigenvalue weighted by molar-refractivity contribution is -0.136. The molecule has 0 spiro atoms. The van der Waals surface area contributed by atoms with Crippen molar-refractivity contribution in [2.45, 2.75) is 90.6 Å². The van der Waals surface area contributed by atoms with Gasteiger partial charge in [0, 0.05) is 31.8 Å². The maximum absolute atomic E-state index is 12.9. The van der Waals surface area contributed by atoms with Crippen molar-refractivity contribution in [3.63, 3.8) is 0 Å². The molecule has 0 radical (unpaired) electrons. The Bertz CT molecular complexity index is 874. The summed E-state index contributed by atoms with van der Waals surface area (Å²) in [5.74, 6) is 1.40. The number of amides is 2. The second kappa shape index (κ2) is 9.53. The lowest BCUT2D eigenvalue weighted by Crippen LogP contribution is -2.41. The minimum Gasteiger partial charge on any atom is -0.338 e. The van der Waals surface area contributed by atoms with Crippen LogP contribution < -0.4 is 5.56 Å². The zero-order chi connectivity index (χ0) is 22.0. The molecule has 1 aromatic rings. The molecule has 7 heteroatoms. The summed E-state index contributed by atoms with van der Waals surface area (Å²) >= 11 is 0. The summed E-state index contributed by atoms with van der Waals surface area (Å²) in [6, 6.07) is -0.148. The average Bonchev–Trinajstić information content (AvgIpc) is 3.28. The van der Waals surface area contributed by atoms with Crippen LogP contribution in [0.5, 0.6) is 0 Å². The Hall–Kier alpha value is -2.18. The number of nitrogens with one attached hydrogen (secondary N) is 1. The molecule has 3 aliphatic rings. The highest BCUT2D eigenvalue weighted by Gasteiger charge is 2.35. The van der Waals surface area contributed by atoms with Crippen LogP contribution in [0.4, 0.5) is 0 Å². The molecule has 0 aromatic carbocycles. The largest absolute Gasteiger partial charge is 0.338 e. The second-order valence-corrected chi connectivity index (χ2v) is 9.65. The first kappa shape index (κ1) is 22.0. The summed E-state index contributed by atoms with van der Waals surface area (Å²) in [5, 5.41) is 0. The summed E-state index contributed by atoms with van der Waals surface area (Å²) in [7, 11) is 0. The van der Waals surface area contributed by atoms with E-state index in [4.69, 9.17) is 4.98 Å². The van der Waals surface area contributed by atoms with E-state index in [9.17, 15) is 14.4 Å². The highest BCUT2D eigenvalue weighted by atomic mass is 16.2. The molecule has 0 bridgehead atoms. The van der Waals surface area contributed by atoms with E-state index in [0.29, 0.717) is 43.2 Å². The van der Waals surface area contributed by atoms with Gasteiger partial charge in [-0.3, -0.25) is 14.4 Å². The van der Waals surface area contributed by atoms with Crippen LogP contribution in [0.1, 0.15) is 94.8 Å². The number of rotatable bonds is 5. The van der Waals surface area contributed by atoms with E-state index >= 15 is 0 Å². The molecule has 2 atom stereocenters. The zero-order valence-electron chi connectivity index (χ0n) is 19.0. The molecule has 31 heavy (non-hydrogen) atoms. The smallest absolute Gasteiger partial charge is 0.256 e. The van der Waals surface area contributed by atoms with Gasteiger partial charge in [0.15, 0.2) is 0 Å². The van der Waals surface area contributed by atoms with Gasteiger partial charge in [0.05, 0.1) is 23.8 Å². The standard InChI is InChI=1S/C24H36N4O3/c1-3-16(2)24(31)28-12-7-10-20(28)22-25-19-11-13-27(15-18(19)23(30)26-22)21(29)14-17-8-5-4-6-9-17/h16-17,20H,3-15H2,1-2H3,(H,25,26,30)/t16-,20+/m1/s1. The Labute approximate surface area is 184 Å². The van der Waals surface area contributed by atoms with Crippen molar-refractivity contribution in [1.29, 1.82) is 0 Å². The lowest BCUT2D eigenvalue weighted by atomic mass is 9.86. The Morgan fingerprint density at radius 2 is 1.90 bits per heavy atom. The summed E-state index contributed by atoms with van der Waals surface area (Å²) in [6.07, 6.45) is 9.81. The lowest BCUT2D eigenvalue weighted by Gasteiger charge is -2.31. The van der Waals surface area contributed by atoms with Crippen molar-refractivity contribution in [1.82, 2.24) is 19.8 Å². The van der Waals surface area contributed by atoms with Gasteiger partial charge in [0.25, 0.3) is 5.56 Å². The Morgan fingerprint density at radius 3 is 2.65 bits per heavy atom. The van der Waals surface area contributed by atoms with E-state index in [1.165, 1.54) is 19.3 Å². The number of carbonyl (C=O) groups excluding carboxylic acids is 2. The first-order valence-electron chi connectivity index (χ1n) is 12.2. The van der Waals surface area contributed by atoms with E-state index in [0.717, 1.165) is 44.3 Å². The highest BCUT2D eigenvalue weighted by molar-refractivity contribution is 5.79. The minimum atomic E-state index is -0.155. The molecular formula is C24H36N4O3. The first-order chi connectivity index (χ1) is 15.0. The van der Waals surface area contributed by atoms with Crippen LogP contribution >= 0.6 is 0 Å². The van der Waals surface area contributed by atoms with E-state index in [1.54, 1.807) is 0 Å². The third-order valence-corrected chi connectivity index (χ3v) is 7.51. The zero-order valence-corrected chi connectivity index (χ0v) is 19.0. The van der Waals surface area contributed by atoms with Gasteiger partial charge in [-0.15, -0.1) is 0 Å². The molecule has 4 rings (SSSR count). The molecule has 1 saturated heterocycles. The van der Waals surface area contributed by atoms with E-state index in [2.05, 4.69) is 4.98 Å². The van der Waals surface area contributed by atoms with Crippen molar-refractivity contribution < 1.29 is 9.59 Å². The van der Waals surface area contributed by atoms with Gasteiger partial charge in [0.1, 0.15) is 5.82 Å². The summed E-state index contributed by atoms with van der Waals surface area (Å²) < 4.78 is 0. The number of fused-ring (bicyclic) bond motifs is 1. The summed E-state index contributed by atoms with van der Waals surface area (Å²) in [5.41, 5.74) is 1.26. The molecule has 3 heterocycles. The van der Waals surface area contributed by atoms with Crippen LogP contribution in [-0.2, 0) is 22.6 Å². The van der Waals surface area contributed by atoms with Crippen molar-refractivity contribution >= 4 is 11.8 Å². The average molecular weight is 429 g/mol. The molecule has 0 unspecified atom stereocenters. The van der Waals surface area contributed by atoms with Crippen molar-refractivity contribution in [2.75, 3.05) is 13.1 Å². The van der Waals surface area contributed by atoms with Crippen LogP contribution in [0.2, 0.25) is 0 Å². The molecule has 2 fully saturated rings. The van der Waals surface area contributed by atoms with Gasteiger partial charge >= 0.3 is 0 Å². The van der Waals surface area contributed by atoms with Gasteiger partial charge in [-0.25, -0.2) is 4.98 Å². The maximum atomic E-state index is 12.9. The van der Waals surface area contributed by atoms with E-state index in [1.807, 2.05) is 23.6 Å². The predicted octanol–water partition coefficient (Wildman–Crippen LogP) is 3.33. The van der Waals surface area contributed by atoms with Crippen LogP contribution in [0.25, 0.3) is 0 Å². The maximum Gasteiger partial charge on any atom is 0.256 e. The molecule has 1 saturated carbocycles. The molecule has 1 aromatic heterocycles. The summed E-state index contributed by atoms with van der Waals surface area (Å²) in [6.45, 7) is 5.67. The normalized spacial score (nSPS) is 23.0. The van der Waals surface area contributed by atoms with Crippen LogP contribution in [-0.4, -0.2) is 44.7 Å². The van der Waals surface area contributed by atoms with Crippen LogP contribution in [0, 0.1) is 11.8 Å². The molecule has 2 aliphatic heterocycles. The molecular weight excluding hydrogens is 392 g/mol. The Balaban J connectivity index is 1.47. The van der Waals surface area contributed by atoms with Gasteiger partial charge in [-0.1, -0.05) is 33.1 Å².